The highest BCUT2D eigenvalue weighted by atomic mass is 35.7. The normalized spacial score (nSPS) is 12.3. The van der Waals surface area contributed by atoms with E-state index in [2.05, 4.69) is 5.32 Å². The molecule has 19 heavy (non-hydrogen) atoms. The Balaban J connectivity index is 3.03. The highest BCUT2D eigenvalue weighted by molar-refractivity contribution is 8.13. The Bertz CT molecular complexity index is 588. The number of carbonyl (C=O) groups excluding carboxylic acids is 1. The van der Waals surface area contributed by atoms with E-state index in [1.54, 1.807) is 13.0 Å². The van der Waals surface area contributed by atoms with Gasteiger partial charge in [0.1, 0.15) is 0 Å². The molecule has 0 bridgehead atoms. The van der Waals surface area contributed by atoms with E-state index in [0.717, 1.165) is 0 Å². The van der Waals surface area contributed by atoms with E-state index in [-0.39, 0.29) is 16.2 Å². The van der Waals surface area contributed by atoms with Crippen LogP contribution in [0.5, 0.6) is 0 Å². The van der Waals surface area contributed by atoms with E-state index in [9.17, 15) is 13.2 Å². The Labute approximate surface area is 118 Å². The van der Waals surface area contributed by atoms with E-state index in [0.29, 0.717) is 17.7 Å². The second-order valence-electron chi connectivity index (χ2n) is 5.66. The van der Waals surface area contributed by atoms with Crippen LogP contribution in [0.1, 0.15) is 36.7 Å². The summed E-state index contributed by atoms with van der Waals surface area (Å²) in [6.07, 6.45) is 0. The molecule has 0 radical (unpaired) electrons. The average Bonchev–Trinajstić information content (AvgIpc) is 2.24. The second kappa shape index (κ2) is 5.51. The second-order valence-corrected chi connectivity index (χ2v) is 8.22. The summed E-state index contributed by atoms with van der Waals surface area (Å²) < 4.78 is 22.5. The molecule has 1 amide bonds. The van der Waals surface area contributed by atoms with Gasteiger partial charge in [-0.15, -0.1) is 0 Å². The molecular weight excluding hydrogens is 286 g/mol. The molecule has 0 atom stereocenters. The lowest BCUT2D eigenvalue weighted by Crippen LogP contribution is -2.32. The van der Waals surface area contributed by atoms with Crippen molar-refractivity contribution in [3.63, 3.8) is 0 Å². The van der Waals surface area contributed by atoms with Crippen molar-refractivity contribution in [2.45, 2.75) is 32.6 Å². The summed E-state index contributed by atoms with van der Waals surface area (Å²) in [7, 11) is 1.45. The van der Waals surface area contributed by atoms with Crippen molar-refractivity contribution in [3.8, 4) is 0 Å². The summed E-state index contributed by atoms with van der Waals surface area (Å²) in [4.78, 5) is 12.0. The molecule has 106 valence electrons. The fraction of sp³-hybridized carbons (Fsp3) is 0.462. The molecule has 1 aromatic carbocycles. The minimum absolute atomic E-state index is 0.0419. The van der Waals surface area contributed by atoms with Gasteiger partial charge in [0.2, 0.25) is 0 Å². The number of halogens is 1. The van der Waals surface area contributed by atoms with Crippen molar-refractivity contribution in [2.24, 2.45) is 5.41 Å². The van der Waals surface area contributed by atoms with Crippen molar-refractivity contribution in [1.29, 1.82) is 0 Å². The summed E-state index contributed by atoms with van der Waals surface area (Å²) in [5.41, 5.74) is 0.987. The first-order chi connectivity index (χ1) is 8.50. The zero-order chi connectivity index (χ0) is 14.8. The molecule has 1 N–H and O–H groups in total. The van der Waals surface area contributed by atoms with Crippen molar-refractivity contribution < 1.29 is 13.2 Å². The largest absolute Gasteiger partial charge is 0.352 e. The number of hydrogen-bond acceptors (Lipinski definition) is 3. The Morgan fingerprint density at radius 2 is 1.89 bits per heavy atom. The standard InChI is InChI=1S/C13H18ClNO3S/c1-9-5-6-10(19(14,17)18)7-11(9)12(16)15-8-13(2,3)4/h5-7H,8H2,1-4H3,(H,15,16). The van der Waals surface area contributed by atoms with E-state index in [1.165, 1.54) is 12.1 Å². The fourth-order valence-electron chi connectivity index (χ4n) is 1.44. The molecule has 0 spiro atoms. The molecule has 0 unspecified atom stereocenters. The maximum atomic E-state index is 12.0. The lowest BCUT2D eigenvalue weighted by molar-refractivity contribution is 0.0938. The Morgan fingerprint density at radius 1 is 1.32 bits per heavy atom. The predicted octanol–water partition coefficient (Wildman–Crippen LogP) is 2.70. The van der Waals surface area contributed by atoms with Gasteiger partial charge in [-0.1, -0.05) is 26.8 Å². The minimum atomic E-state index is -3.83. The van der Waals surface area contributed by atoms with Gasteiger partial charge in [0.25, 0.3) is 15.0 Å². The quantitative estimate of drug-likeness (QED) is 0.873. The molecular formula is C13H18ClNO3S. The number of amides is 1. The molecule has 0 fully saturated rings. The average molecular weight is 304 g/mol. The van der Waals surface area contributed by atoms with E-state index >= 15 is 0 Å². The SMILES string of the molecule is Cc1ccc(S(=O)(=O)Cl)cc1C(=O)NCC(C)(C)C. The van der Waals surface area contributed by atoms with Crippen LogP contribution in [-0.4, -0.2) is 20.9 Å². The number of hydrogen-bond donors (Lipinski definition) is 1. The lowest BCUT2D eigenvalue weighted by Gasteiger charge is -2.19. The zero-order valence-corrected chi connectivity index (χ0v) is 13.0. The molecule has 6 heteroatoms. The summed E-state index contributed by atoms with van der Waals surface area (Å²) in [5.74, 6) is -0.297. The van der Waals surface area contributed by atoms with Crippen LogP contribution in [-0.2, 0) is 9.05 Å². The summed E-state index contributed by atoms with van der Waals surface area (Å²) in [6.45, 7) is 8.25. The van der Waals surface area contributed by atoms with E-state index in [4.69, 9.17) is 10.7 Å². The molecule has 1 rings (SSSR count). The number of benzene rings is 1. The molecule has 0 aliphatic rings. The van der Waals surface area contributed by atoms with Crippen LogP contribution < -0.4 is 5.32 Å². The van der Waals surface area contributed by atoms with E-state index in [1.807, 2.05) is 20.8 Å². The van der Waals surface area contributed by atoms with Crippen LogP contribution in [0, 0.1) is 12.3 Å². The van der Waals surface area contributed by atoms with Gasteiger partial charge in [-0.3, -0.25) is 4.79 Å². The monoisotopic (exact) mass is 303 g/mol. The van der Waals surface area contributed by atoms with Crippen molar-refractivity contribution in [1.82, 2.24) is 5.32 Å². The predicted molar refractivity (Wildman–Crippen MR) is 76.0 cm³/mol. The first kappa shape index (κ1) is 16.0. The van der Waals surface area contributed by atoms with Gasteiger partial charge in [0, 0.05) is 22.8 Å². The smallest absolute Gasteiger partial charge is 0.261 e. The molecule has 0 aliphatic carbocycles. The minimum Gasteiger partial charge on any atom is -0.352 e. The van der Waals surface area contributed by atoms with Gasteiger partial charge in [-0.2, -0.15) is 0 Å². The Kier molecular flexibility index (Phi) is 4.63. The van der Waals surface area contributed by atoms with Gasteiger partial charge < -0.3 is 5.32 Å². The Morgan fingerprint density at radius 3 is 2.37 bits per heavy atom. The third-order valence-electron chi connectivity index (χ3n) is 2.51. The Hall–Kier alpha value is -1.07. The van der Waals surface area contributed by atoms with Gasteiger partial charge in [0.15, 0.2) is 0 Å². The third kappa shape index (κ3) is 4.84. The van der Waals surface area contributed by atoms with Gasteiger partial charge in [0.05, 0.1) is 4.90 Å². The van der Waals surface area contributed by atoms with Crippen LogP contribution in [0.3, 0.4) is 0 Å². The van der Waals surface area contributed by atoms with Crippen LogP contribution in [0.4, 0.5) is 0 Å². The number of aryl methyl sites for hydroxylation is 1. The summed E-state index contributed by atoms with van der Waals surface area (Å²) in [5, 5.41) is 2.78. The number of rotatable bonds is 3. The van der Waals surface area contributed by atoms with Crippen LogP contribution in [0.15, 0.2) is 23.1 Å². The van der Waals surface area contributed by atoms with Crippen LogP contribution in [0.25, 0.3) is 0 Å². The molecule has 0 aliphatic heterocycles. The van der Waals surface area contributed by atoms with E-state index < -0.39 is 9.05 Å². The van der Waals surface area contributed by atoms with Gasteiger partial charge >= 0.3 is 0 Å². The highest BCUT2D eigenvalue weighted by Gasteiger charge is 2.17. The van der Waals surface area contributed by atoms with Crippen molar-refractivity contribution in [2.75, 3.05) is 6.54 Å². The molecule has 0 saturated carbocycles. The van der Waals surface area contributed by atoms with Crippen LogP contribution >= 0.6 is 10.7 Å². The maximum Gasteiger partial charge on any atom is 0.261 e. The number of nitrogens with one attached hydrogen (secondary N) is 1. The first-order valence-corrected chi connectivity index (χ1v) is 8.15. The molecule has 4 nitrogen and oxygen atoms in total. The maximum absolute atomic E-state index is 12.0. The third-order valence-corrected chi connectivity index (χ3v) is 3.87. The van der Waals surface area contributed by atoms with Crippen LogP contribution in [0.2, 0.25) is 0 Å². The van der Waals surface area contributed by atoms with Crippen molar-refractivity contribution in [3.05, 3.63) is 29.3 Å². The topological polar surface area (TPSA) is 63.2 Å². The fourth-order valence-corrected chi connectivity index (χ4v) is 2.22. The molecule has 0 saturated heterocycles. The first-order valence-electron chi connectivity index (χ1n) is 5.84. The number of carbonyl (C=O) groups is 1. The molecule has 0 heterocycles. The van der Waals surface area contributed by atoms with Gasteiger partial charge in [-0.05, 0) is 30.0 Å². The summed E-state index contributed by atoms with van der Waals surface area (Å²) >= 11 is 0. The lowest BCUT2D eigenvalue weighted by atomic mass is 9.96. The summed E-state index contributed by atoms with van der Waals surface area (Å²) in [6, 6.07) is 4.26. The molecule has 0 aromatic heterocycles. The van der Waals surface area contributed by atoms with Crippen molar-refractivity contribution >= 4 is 25.6 Å². The molecule has 1 aromatic rings. The van der Waals surface area contributed by atoms with Gasteiger partial charge in [-0.25, -0.2) is 8.42 Å². The zero-order valence-electron chi connectivity index (χ0n) is 11.5. The highest BCUT2D eigenvalue weighted by Crippen LogP contribution is 2.19.